The van der Waals surface area contributed by atoms with Gasteiger partial charge in [-0.2, -0.15) is 0 Å². The molecule has 0 spiro atoms. The molecule has 0 aromatic heterocycles. The molecule has 0 aliphatic heterocycles. The molecule has 2 aromatic rings. The minimum atomic E-state index is 0.870. The fourth-order valence-corrected chi connectivity index (χ4v) is 2.33. The highest BCUT2D eigenvalue weighted by atomic mass is 79.9. The molecular weight excluding hydrogens is 332 g/mol. The molecule has 0 amide bonds. The molecule has 0 saturated heterocycles. The topological polar surface area (TPSA) is 9.23 Å². The second-order valence-electron chi connectivity index (χ2n) is 3.35. The van der Waals surface area contributed by atoms with Gasteiger partial charge in [0.2, 0.25) is 0 Å². The monoisotopic (exact) mass is 340 g/mol. The first kappa shape index (κ1) is 11.7. The molecule has 2 rings (SSSR count). The smallest absolute Gasteiger partial charge is 0.118 e. The maximum absolute atomic E-state index is 5.14. The van der Waals surface area contributed by atoms with Crippen LogP contribution >= 0.6 is 31.9 Å². The predicted molar refractivity (Wildman–Crippen MR) is 73.8 cm³/mol. The molecule has 2 aromatic carbocycles. The summed E-state index contributed by atoms with van der Waals surface area (Å²) in [5.74, 6) is 0.870. The fourth-order valence-electron chi connectivity index (χ4n) is 1.49. The van der Waals surface area contributed by atoms with Gasteiger partial charge < -0.3 is 4.74 Å². The standard InChI is InChI=1S/C13H10Br2O/c1-16-11-5-2-9(3-6-11)12-8-10(14)4-7-13(12)15/h2-8H,1H3. The summed E-state index contributed by atoms with van der Waals surface area (Å²) in [7, 11) is 1.67. The minimum Gasteiger partial charge on any atom is -0.497 e. The molecule has 0 fully saturated rings. The Bertz CT molecular complexity index is 492. The first-order valence-corrected chi connectivity index (χ1v) is 6.39. The molecule has 0 aliphatic rings. The summed E-state index contributed by atoms with van der Waals surface area (Å²) in [6, 6.07) is 14.1. The summed E-state index contributed by atoms with van der Waals surface area (Å²) in [5.41, 5.74) is 2.33. The van der Waals surface area contributed by atoms with E-state index in [2.05, 4.69) is 37.9 Å². The van der Waals surface area contributed by atoms with Crippen molar-refractivity contribution in [1.82, 2.24) is 0 Å². The van der Waals surface area contributed by atoms with E-state index in [0.717, 1.165) is 25.8 Å². The lowest BCUT2D eigenvalue weighted by Crippen LogP contribution is -1.83. The lowest BCUT2D eigenvalue weighted by atomic mass is 10.1. The number of benzene rings is 2. The average Bonchev–Trinajstić information content (AvgIpc) is 2.32. The third-order valence-corrected chi connectivity index (χ3v) is 3.51. The molecule has 0 heterocycles. The van der Waals surface area contributed by atoms with E-state index in [1.54, 1.807) is 7.11 Å². The van der Waals surface area contributed by atoms with Crippen LogP contribution in [0.4, 0.5) is 0 Å². The number of rotatable bonds is 2. The van der Waals surface area contributed by atoms with E-state index in [4.69, 9.17) is 4.74 Å². The molecule has 1 nitrogen and oxygen atoms in total. The molecule has 0 bridgehead atoms. The van der Waals surface area contributed by atoms with Gasteiger partial charge in [-0.15, -0.1) is 0 Å². The van der Waals surface area contributed by atoms with Gasteiger partial charge in [-0.25, -0.2) is 0 Å². The summed E-state index contributed by atoms with van der Waals surface area (Å²) < 4.78 is 7.29. The lowest BCUT2D eigenvalue weighted by Gasteiger charge is -2.06. The van der Waals surface area contributed by atoms with Crippen molar-refractivity contribution < 1.29 is 4.74 Å². The van der Waals surface area contributed by atoms with Crippen LogP contribution in [-0.4, -0.2) is 7.11 Å². The van der Waals surface area contributed by atoms with Crippen molar-refractivity contribution >= 4 is 31.9 Å². The zero-order chi connectivity index (χ0) is 11.5. The van der Waals surface area contributed by atoms with E-state index in [0.29, 0.717) is 0 Å². The van der Waals surface area contributed by atoms with E-state index in [-0.39, 0.29) is 0 Å². The molecule has 0 saturated carbocycles. The third-order valence-electron chi connectivity index (χ3n) is 2.33. The van der Waals surface area contributed by atoms with Crippen molar-refractivity contribution in [2.45, 2.75) is 0 Å². The van der Waals surface area contributed by atoms with E-state index in [1.807, 2.05) is 36.4 Å². The summed E-state index contributed by atoms with van der Waals surface area (Å²) in [6.45, 7) is 0. The van der Waals surface area contributed by atoms with Gasteiger partial charge >= 0.3 is 0 Å². The summed E-state index contributed by atoms with van der Waals surface area (Å²) in [5, 5.41) is 0. The molecular formula is C13H10Br2O. The number of hydrogen-bond acceptors (Lipinski definition) is 1. The Balaban J connectivity index is 2.45. The van der Waals surface area contributed by atoms with Crippen LogP contribution in [0.5, 0.6) is 5.75 Å². The Morgan fingerprint density at radius 3 is 2.25 bits per heavy atom. The van der Waals surface area contributed by atoms with E-state index in [9.17, 15) is 0 Å². The highest BCUT2D eigenvalue weighted by molar-refractivity contribution is 9.11. The second-order valence-corrected chi connectivity index (χ2v) is 5.12. The fraction of sp³-hybridized carbons (Fsp3) is 0.0769. The number of hydrogen-bond donors (Lipinski definition) is 0. The number of ether oxygens (including phenoxy) is 1. The Labute approximate surface area is 112 Å². The summed E-state index contributed by atoms with van der Waals surface area (Å²) >= 11 is 7.03. The van der Waals surface area contributed by atoms with Crippen molar-refractivity contribution in [2.24, 2.45) is 0 Å². The first-order chi connectivity index (χ1) is 7.70. The summed E-state index contributed by atoms with van der Waals surface area (Å²) in [4.78, 5) is 0. The van der Waals surface area contributed by atoms with Crippen molar-refractivity contribution in [1.29, 1.82) is 0 Å². The van der Waals surface area contributed by atoms with Gasteiger partial charge in [0.05, 0.1) is 7.11 Å². The van der Waals surface area contributed by atoms with Crippen LogP contribution in [-0.2, 0) is 0 Å². The Morgan fingerprint density at radius 2 is 1.62 bits per heavy atom. The van der Waals surface area contributed by atoms with Crippen molar-refractivity contribution in [3.05, 3.63) is 51.4 Å². The van der Waals surface area contributed by atoms with Gasteiger partial charge in [-0.05, 0) is 41.5 Å². The van der Waals surface area contributed by atoms with Crippen molar-refractivity contribution in [3.8, 4) is 16.9 Å². The van der Waals surface area contributed by atoms with Gasteiger partial charge in [0, 0.05) is 8.95 Å². The predicted octanol–water partition coefficient (Wildman–Crippen LogP) is 4.89. The average molecular weight is 342 g/mol. The third kappa shape index (κ3) is 2.47. The second kappa shape index (κ2) is 5.02. The molecule has 0 unspecified atom stereocenters. The van der Waals surface area contributed by atoms with Crippen LogP contribution in [0.2, 0.25) is 0 Å². The first-order valence-electron chi connectivity index (χ1n) is 4.80. The zero-order valence-corrected chi connectivity index (χ0v) is 11.9. The van der Waals surface area contributed by atoms with Crippen molar-refractivity contribution in [2.75, 3.05) is 7.11 Å². The largest absolute Gasteiger partial charge is 0.497 e. The van der Waals surface area contributed by atoms with Crippen LogP contribution < -0.4 is 4.74 Å². The van der Waals surface area contributed by atoms with Gasteiger partial charge in [0.1, 0.15) is 5.75 Å². The maximum Gasteiger partial charge on any atom is 0.118 e. The van der Waals surface area contributed by atoms with E-state index < -0.39 is 0 Å². The van der Waals surface area contributed by atoms with Crippen LogP contribution in [0.15, 0.2) is 51.4 Å². The lowest BCUT2D eigenvalue weighted by molar-refractivity contribution is 0.415. The SMILES string of the molecule is COc1ccc(-c2cc(Br)ccc2Br)cc1. The Kier molecular flexibility index (Phi) is 3.66. The van der Waals surface area contributed by atoms with E-state index in [1.165, 1.54) is 0 Å². The molecule has 0 radical (unpaired) electrons. The van der Waals surface area contributed by atoms with Gasteiger partial charge in [-0.1, -0.05) is 44.0 Å². The highest BCUT2D eigenvalue weighted by Crippen LogP contribution is 2.31. The van der Waals surface area contributed by atoms with Crippen LogP contribution in [0, 0.1) is 0 Å². The van der Waals surface area contributed by atoms with Gasteiger partial charge in [0.15, 0.2) is 0 Å². The Morgan fingerprint density at radius 1 is 0.938 bits per heavy atom. The molecule has 16 heavy (non-hydrogen) atoms. The zero-order valence-electron chi connectivity index (χ0n) is 8.71. The van der Waals surface area contributed by atoms with Crippen LogP contribution in [0.3, 0.4) is 0 Å². The molecule has 0 atom stereocenters. The molecule has 3 heteroatoms. The minimum absolute atomic E-state index is 0.870. The molecule has 0 aliphatic carbocycles. The van der Waals surface area contributed by atoms with Crippen LogP contribution in [0.25, 0.3) is 11.1 Å². The summed E-state index contributed by atoms with van der Waals surface area (Å²) in [6.07, 6.45) is 0. The van der Waals surface area contributed by atoms with Gasteiger partial charge in [0.25, 0.3) is 0 Å². The van der Waals surface area contributed by atoms with Crippen molar-refractivity contribution in [3.63, 3.8) is 0 Å². The molecule has 82 valence electrons. The number of methoxy groups -OCH3 is 1. The van der Waals surface area contributed by atoms with E-state index >= 15 is 0 Å². The number of halogens is 2. The highest BCUT2D eigenvalue weighted by Gasteiger charge is 2.03. The maximum atomic E-state index is 5.14. The Hall–Kier alpha value is -0.800. The van der Waals surface area contributed by atoms with Gasteiger partial charge in [-0.3, -0.25) is 0 Å². The normalized spacial score (nSPS) is 10.2. The van der Waals surface area contributed by atoms with Crippen LogP contribution in [0.1, 0.15) is 0 Å². The quantitative estimate of drug-likeness (QED) is 0.755. The molecule has 0 N–H and O–H groups in total.